The summed E-state index contributed by atoms with van der Waals surface area (Å²) in [4.78, 5) is 23.7. The summed E-state index contributed by atoms with van der Waals surface area (Å²) in [7, 11) is 0. The van der Waals surface area contributed by atoms with Crippen LogP contribution in [0, 0.1) is 0 Å². The lowest BCUT2D eigenvalue weighted by Crippen LogP contribution is -2.31. The molecule has 3 aromatic heterocycles. The molecule has 4 heterocycles. The van der Waals surface area contributed by atoms with Crippen molar-refractivity contribution in [2.75, 3.05) is 12.1 Å². The van der Waals surface area contributed by atoms with Gasteiger partial charge in [0.05, 0.1) is 17.1 Å². The van der Waals surface area contributed by atoms with E-state index in [2.05, 4.69) is 30.8 Å². The van der Waals surface area contributed by atoms with E-state index in [1.807, 2.05) is 36.4 Å². The molecule has 1 atom stereocenters. The number of alkyl carbamates (subject to hydrolysis) is 1. The molecular formula is C26H22N6O4S. The fourth-order valence-corrected chi connectivity index (χ4v) is 6.10. The highest BCUT2D eigenvalue weighted by atomic mass is 32.1. The maximum absolute atomic E-state index is 12.5. The highest BCUT2D eigenvalue weighted by Crippen LogP contribution is 2.40. The molecule has 1 amide bonds. The van der Waals surface area contributed by atoms with Crippen molar-refractivity contribution < 1.29 is 19.0 Å². The molecule has 1 aliphatic heterocycles. The number of hydrogen-bond acceptors (Lipinski definition) is 9. The van der Waals surface area contributed by atoms with E-state index in [1.54, 1.807) is 23.9 Å². The van der Waals surface area contributed by atoms with Crippen molar-refractivity contribution in [3.8, 4) is 11.5 Å². The normalized spacial score (nSPS) is 16.1. The van der Waals surface area contributed by atoms with E-state index in [4.69, 9.17) is 14.2 Å². The molecule has 0 radical (unpaired) electrons. The van der Waals surface area contributed by atoms with Crippen molar-refractivity contribution in [1.29, 1.82) is 0 Å². The van der Waals surface area contributed by atoms with Gasteiger partial charge in [-0.2, -0.15) is 5.10 Å². The summed E-state index contributed by atoms with van der Waals surface area (Å²) in [6, 6.07) is 11.6. The number of ether oxygens (including phenoxy) is 3. The molecule has 7 rings (SSSR count). The third-order valence-electron chi connectivity index (χ3n) is 6.65. The predicted octanol–water partition coefficient (Wildman–Crippen LogP) is 4.82. The van der Waals surface area contributed by atoms with Gasteiger partial charge in [-0.05, 0) is 54.3 Å². The van der Waals surface area contributed by atoms with E-state index in [9.17, 15) is 4.79 Å². The second-order valence-electron chi connectivity index (χ2n) is 9.01. The molecule has 2 aromatic carbocycles. The first-order valence-corrected chi connectivity index (χ1v) is 12.8. The number of rotatable bonds is 5. The van der Waals surface area contributed by atoms with E-state index in [-0.39, 0.29) is 12.9 Å². The maximum Gasteiger partial charge on any atom is 0.407 e. The van der Waals surface area contributed by atoms with Gasteiger partial charge in [0.25, 0.3) is 0 Å². The Labute approximate surface area is 215 Å². The summed E-state index contributed by atoms with van der Waals surface area (Å²) in [5, 5.41) is 15.4. The van der Waals surface area contributed by atoms with Gasteiger partial charge in [-0.3, -0.25) is 5.10 Å². The molecule has 0 saturated carbocycles. The Kier molecular flexibility index (Phi) is 5.28. The Balaban J connectivity index is 1.04. The van der Waals surface area contributed by atoms with Gasteiger partial charge in [-0.15, -0.1) is 11.3 Å². The number of nitrogens with zero attached hydrogens (tertiary/aromatic N) is 3. The topological polar surface area (TPSA) is 123 Å². The van der Waals surface area contributed by atoms with E-state index in [0.717, 1.165) is 56.8 Å². The maximum atomic E-state index is 12.5. The largest absolute Gasteiger partial charge is 0.454 e. The summed E-state index contributed by atoms with van der Waals surface area (Å²) >= 11 is 1.64. The van der Waals surface area contributed by atoms with Gasteiger partial charge in [0, 0.05) is 28.9 Å². The second kappa shape index (κ2) is 8.93. The Morgan fingerprint density at radius 2 is 2.11 bits per heavy atom. The molecule has 1 aliphatic carbocycles. The molecule has 1 unspecified atom stereocenters. The first-order chi connectivity index (χ1) is 18.2. The molecule has 11 heteroatoms. The number of aromatic amines is 1. The average molecular weight is 515 g/mol. The minimum absolute atomic E-state index is 0.190. The zero-order valence-electron chi connectivity index (χ0n) is 19.6. The van der Waals surface area contributed by atoms with E-state index in [1.165, 1.54) is 10.4 Å². The van der Waals surface area contributed by atoms with Crippen molar-refractivity contribution in [3.63, 3.8) is 0 Å². The van der Waals surface area contributed by atoms with Crippen LogP contribution in [0.5, 0.6) is 11.5 Å². The monoisotopic (exact) mass is 514 g/mol. The van der Waals surface area contributed by atoms with Crippen LogP contribution in [-0.2, 0) is 24.1 Å². The smallest absolute Gasteiger partial charge is 0.407 e. The molecule has 3 N–H and O–H groups in total. The Morgan fingerprint density at radius 3 is 3.08 bits per heavy atom. The summed E-state index contributed by atoms with van der Waals surface area (Å²) in [5.41, 5.74) is 4.07. The number of amides is 1. The van der Waals surface area contributed by atoms with Crippen LogP contribution in [0.15, 0.2) is 48.9 Å². The van der Waals surface area contributed by atoms with Crippen molar-refractivity contribution in [2.24, 2.45) is 0 Å². The number of aromatic nitrogens is 4. The number of hydrogen-bond donors (Lipinski definition) is 3. The fraction of sp³-hybridized carbons (Fsp3) is 0.231. The Hall–Kier alpha value is -4.38. The van der Waals surface area contributed by atoms with Crippen molar-refractivity contribution in [3.05, 3.63) is 64.9 Å². The molecule has 37 heavy (non-hydrogen) atoms. The van der Waals surface area contributed by atoms with Gasteiger partial charge >= 0.3 is 6.09 Å². The molecule has 10 nitrogen and oxygen atoms in total. The zero-order valence-corrected chi connectivity index (χ0v) is 20.4. The van der Waals surface area contributed by atoms with Crippen LogP contribution in [0.25, 0.3) is 21.1 Å². The van der Waals surface area contributed by atoms with Gasteiger partial charge < -0.3 is 24.8 Å². The van der Waals surface area contributed by atoms with Crippen LogP contribution >= 0.6 is 11.3 Å². The quantitative estimate of drug-likeness (QED) is 0.305. The summed E-state index contributed by atoms with van der Waals surface area (Å²) in [5.74, 6) is 2.19. The van der Waals surface area contributed by atoms with Crippen LogP contribution < -0.4 is 20.1 Å². The lowest BCUT2D eigenvalue weighted by atomic mass is 9.94. The lowest BCUT2D eigenvalue weighted by molar-refractivity contribution is 0.0898. The highest BCUT2D eigenvalue weighted by Gasteiger charge is 2.27. The molecule has 0 fully saturated rings. The first-order valence-electron chi connectivity index (χ1n) is 12.0. The van der Waals surface area contributed by atoms with E-state index >= 15 is 0 Å². The number of aryl methyl sites for hydroxylation is 1. The summed E-state index contributed by atoms with van der Waals surface area (Å²) < 4.78 is 16.5. The first kappa shape index (κ1) is 21.9. The number of H-pyrrole nitrogens is 1. The molecule has 0 bridgehead atoms. The average Bonchev–Trinajstić information content (AvgIpc) is 3.65. The number of nitrogens with one attached hydrogen (secondary N) is 3. The molecule has 0 saturated heterocycles. The Bertz CT molecular complexity index is 1650. The number of thiophene rings is 1. The standard InChI is InChI=1S/C26H22N6O4S/c33-26(27-10-14-1-6-20-21(7-14)35-13-34-20)36-17-3-4-18-22(9-17)37-25-23(18)24(28-12-29-25)31-16-2-5-19-15(8-16)11-30-32-19/h1-2,5-8,11-12,17H,3-4,9-10,13H2,(H,27,33)(H,30,32)(H,28,29,31). The van der Waals surface area contributed by atoms with Gasteiger partial charge in [0.2, 0.25) is 6.79 Å². The van der Waals surface area contributed by atoms with Crippen LogP contribution in [0.4, 0.5) is 16.3 Å². The fourth-order valence-electron chi connectivity index (χ4n) is 4.85. The van der Waals surface area contributed by atoms with Crippen LogP contribution in [-0.4, -0.2) is 39.2 Å². The number of anilines is 2. The number of carbonyl (C=O) groups excluding carboxylic acids is 1. The van der Waals surface area contributed by atoms with E-state index in [0.29, 0.717) is 18.7 Å². The Morgan fingerprint density at radius 1 is 1.16 bits per heavy atom. The SMILES string of the molecule is O=C(NCc1ccc2c(c1)OCO2)OC1CCc2c(sc3ncnc(Nc4ccc5[nH]ncc5c4)c23)C1. The van der Waals surface area contributed by atoms with Crippen molar-refractivity contribution in [2.45, 2.75) is 31.9 Å². The predicted molar refractivity (Wildman–Crippen MR) is 138 cm³/mol. The number of carbonyl (C=O) groups is 1. The van der Waals surface area contributed by atoms with Crippen molar-refractivity contribution >= 4 is 50.1 Å². The van der Waals surface area contributed by atoms with Gasteiger partial charge in [-0.25, -0.2) is 14.8 Å². The molecule has 186 valence electrons. The lowest BCUT2D eigenvalue weighted by Gasteiger charge is -2.23. The van der Waals surface area contributed by atoms with Crippen LogP contribution in [0.1, 0.15) is 22.4 Å². The second-order valence-corrected chi connectivity index (χ2v) is 10.1. The third-order valence-corrected chi connectivity index (χ3v) is 7.81. The summed E-state index contributed by atoms with van der Waals surface area (Å²) in [6.45, 7) is 0.575. The highest BCUT2D eigenvalue weighted by molar-refractivity contribution is 7.19. The molecule has 0 spiro atoms. The molecule has 5 aromatic rings. The van der Waals surface area contributed by atoms with Crippen LogP contribution in [0.3, 0.4) is 0 Å². The molecule has 2 aliphatic rings. The minimum atomic E-state index is -0.427. The van der Waals surface area contributed by atoms with Gasteiger partial charge in [0.1, 0.15) is 23.1 Å². The van der Waals surface area contributed by atoms with Crippen molar-refractivity contribution in [1.82, 2.24) is 25.5 Å². The number of benzene rings is 2. The summed E-state index contributed by atoms with van der Waals surface area (Å²) in [6.07, 6.45) is 4.96. The van der Waals surface area contributed by atoms with Gasteiger partial charge in [-0.1, -0.05) is 6.07 Å². The molecular weight excluding hydrogens is 492 g/mol. The van der Waals surface area contributed by atoms with E-state index < -0.39 is 6.09 Å². The third kappa shape index (κ3) is 4.16. The van der Waals surface area contributed by atoms with Gasteiger partial charge in [0.15, 0.2) is 11.5 Å². The minimum Gasteiger partial charge on any atom is -0.454 e. The zero-order chi connectivity index (χ0) is 24.8. The van der Waals surface area contributed by atoms with Crippen LogP contribution in [0.2, 0.25) is 0 Å². The number of fused-ring (bicyclic) bond motifs is 5.